The van der Waals surface area contributed by atoms with Crippen LogP contribution in [0.25, 0.3) is 0 Å². The van der Waals surface area contributed by atoms with Gasteiger partial charge in [-0.25, -0.2) is 0 Å². The largest absolute Gasteiger partial charge is 0.358 e. The van der Waals surface area contributed by atoms with E-state index in [1.807, 2.05) is 18.2 Å². The smallest absolute Gasteiger partial charge is 0.207 e. The molecule has 1 N–H and O–H groups in total. The van der Waals surface area contributed by atoms with E-state index in [-0.39, 0.29) is 0 Å². The lowest BCUT2D eigenvalue weighted by Crippen LogP contribution is -2.20. The fourth-order valence-corrected chi connectivity index (χ4v) is 1.34. The topological polar surface area (TPSA) is 29.1 Å². The molecule has 13 heavy (non-hydrogen) atoms. The van der Waals surface area contributed by atoms with Crippen molar-refractivity contribution in [1.82, 2.24) is 5.32 Å². The van der Waals surface area contributed by atoms with Crippen molar-refractivity contribution in [2.75, 3.05) is 6.54 Å². The third-order valence-electron chi connectivity index (χ3n) is 1.98. The van der Waals surface area contributed by atoms with Crippen LogP contribution < -0.4 is 5.32 Å². The molecule has 1 unspecified atom stereocenters. The van der Waals surface area contributed by atoms with Crippen molar-refractivity contribution < 1.29 is 4.79 Å². The van der Waals surface area contributed by atoms with Crippen molar-refractivity contribution in [2.24, 2.45) is 5.92 Å². The molecule has 1 rings (SSSR count). The Morgan fingerprint density at radius 3 is 2.69 bits per heavy atom. The Kier molecular flexibility index (Phi) is 4.03. The molecular weight excluding hydrogens is 162 g/mol. The van der Waals surface area contributed by atoms with Crippen LogP contribution in [-0.2, 0) is 11.2 Å². The van der Waals surface area contributed by atoms with Gasteiger partial charge in [0.15, 0.2) is 0 Å². The number of benzene rings is 1. The second-order valence-electron chi connectivity index (χ2n) is 3.32. The first-order valence-corrected chi connectivity index (χ1v) is 4.54. The van der Waals surface area contributed by atoms with Crippen LogP contribution in [0.4, 0.5) is 0 Å². The highest BCUT2D eigenvalue weighted by atomic mass is 16.1. The summed E-state index contributed by atoms with van der Waals surface area (Å²) in [6, 6.07) is 10.3. The standard InChI is InChI=1S/C11H15NO/c1-10(8-12-9-13)7-11-5-3-2-4-6-11/h2-6,9-10H,7-8H2,1H3,(H,12,13). The van der Waals surface area contributed by atoms with Crippen LogP contribution in [-0.4, -0.2) is 13.0 Å². The number of rotatable bonds is 5. The fourth-order valence-electron chi connectivity index (χ4n) is 1.34. The number of hydrogen-bond acceptors (Lipinski definition) is 1. The lowest BCUT2D eigenvalue weighted by molar-refractivity contribution is -0.109. The van der Waals surface area contributed by atoms with E-state index in [9.17, 15) is 4.79 Å². The monoisotopic (exact) mass is 177 g/mol. The second-order valence-corrected chi connectivity index (χ2v) is 3.32. The van der Waals surface area contributed by atoms with Gasteiger partial charge in [0.2, 0.25) is 6.41 Å². The second kappa shape index (κ2) is 5.36. The first-order valence-electron chi connectivity index (χ1n) is 4.54. The summed E-state index contributed by atoms with van der Waals surface area (Å²) >= 11 is 0. The van der Waals surface area contributed by atoms with Gasteiger partial charge in [0.05, 0.1) is 0 Å². The molecule has 0 heterocycles. The Balaban J connectivity index is 2.36. The van der Waals surface area contributed by atoms with Gasteiger partial charge in [-0.3, -0.25) is 4.79 Å². The van der Waals surface area contributed by atoms with Crippen LogP contribution in [0.3, 0.4) is 0 Å². The summed E-state index contributed by atoms with van der Waals surface area (Å²) in [6.07, 6.45) is 1.77. The molecular formula is C11H15NO. The van der Waals surface area contributed by atoms with Gasteiger partial charge in [-0.15, -0.1) is 0 Å². The third-order valence-corrected chi connectivity index (χ3v) is 1.98. The van der Waals surface area contributed by atoms with Gasteiger partial charge in [0.25, 0.3) is 0 Å². The lowest BCUT2D eigenvalue weighted by Gasteiger charge is -2.09. The maximum atomic E-state index is 10.1. The molecule has 0 aliphatic heterocycles. The molecule has 1 atom stereocenters. The van der Waals surface area contributed by atoms with Gasteiger partial charge in [0.1, 0.15) is 0 Å². The van der Waals surface area contributed by atoms with Crippen LogP contribution in [0, 0.1) is 5.92 Å². The van der Waals surface area contributed by atoms with Crippen molar-refractivity contribution in [3.8, 4) is 0 Å². The molecule has 70 valence electrons. The Bertz CT molecular complexity index is 246. The van der Waals surface area contributed by atoms with Crippen molar-refractivity contribution in [3.05, 3.63) is 35.9 Å². The molecule has 2 heteroatoms. The molecule has 0 fully saturated rings. The normalized spacial score (nSPS) is 12.1. The van der Waals surface area contributed by atoms with Gasteiger partial charge in [-0.2, -0.15) is 0 Å². The van der Waals surface area contributed by atoms with E-state index in [1.165, 1.54) is 5.56 Å². The van der Waals surface area contributed by atoms with Gasteiger partial charge >= 0.3 is 0 Å². The van der Waals surface area contributed by atoms with Crippen molar-refractivity contribution >= 4 is 6.41 Å². The quantitative estimate of drug-likeness (QED) is 0.680. The highest BCUT2D eigenvalue weighted by molar-refractivity contribution is 5.45. The van der Waals surface area contributed by atoms with E-state index in [4.69, 9.17) is 0 Å². The SMILES string of the molecule is CC(CNC=O)Cc1ccccc1. The van der Waals surface area contributed by atoms with Crippen LogP contribution in [0.15, 0.2) is 30.3 Å². The van der Waals surface area contributed by atoms with E-state index < -0.39 is 0 Å². The van der Waals surface area contributed by atoms with Crippen molar-refractivity contribution in [2.45, 2.75) is 13.3 Å². The van der Waals surface area contributed by atoms with E-state index in [2.05, 4.69) is 24.4 Å². The van der Waals surface area contributed by atoms with Crippen LogP contribution in [0.2, 0.25) is 0 Å². The predicted octanol–water partition coefficient (Wildman–Crippen LogP) is 1.61. The summed E-state index contributed by atoms with van der Waals surface area (Å²) in [5.74, 6) is 0.493. The summed E-state index contributed by atoms with van der Waals surface area (Å²) < 4.78 is 0. The molecule has 1 aromatic carbocycles. The highest BCUT2D eigenvalue weighted by Crippen LogP contribution is 2.06. The summed E-state index contributed by atoms with van der Waals surface area (Å²) in [5.41, 5.74) is 1.32. The Morgan fingerprint density at radius 1 is 1.38 bits per heavy atom. The number of amides is 1. The lowest BCUT2D eigenvalue weighted by atomic mass is 10.0. The summed E-state index contributed by atoms with van der Waals surface area (Å²) in [7, 11) is 0. The molecule has 0 saturated carbocycles. The van der Waals surface area contributed by atoms with Gasteiger partial charge in [-0.1, -0.05) is 37.3 Å². The van der Waals surface area contributed by atoms with Crippen LogP contribution >= 0.6 is 0 Å². The van der Waals surface area contributed by atoms with Gasteiger partial charge in [-0.05, 0) is 17.9 Å². The van der Waals surface area contributed by atoms with Crippen molar-refractivity contribution in [3.63, 3.8) is 0 Å². The zero-order valence-corrected chi connectivity index (χ0v) is 7.86. The zero-order chi connectivity index (χ0) is 9.52. The van der Waals surface area contributed by atoms with Crippen LogP contribution in [0.5, 0.6) is 0 Å². The Labute approximate surface area is 79.0 Å². The zero-order valence-electron chi connectivity index (χ0n) is 7.86. The summed E-state index contributed by atoms with van der Waals surface area (Å²) in [6.45, 7) is 2.88. The number of carbonyl (C=O) groups excluding carboxylic acids is 1. The van der Waals surface area contributed by atoms with E-state index in [1.54, 1.807) is 0 Å². The number of nitrogens with one attached hydrogen (secondary N) is 1. The van der Waals surface area contributed by atoms with E-state index in [0.29, 0.717) is 5.92 Å². The minimum atomic E-state index is 0.493. The fraction of sp³-hybridized carbons (Fsp3) is 0.364. The average molecular weight is 177 g/mol. The predicted molar refractivity (Wildman–Crippen MR) is 53.4 cm³/mol. The summed E-state index contributed by atoms with van der Waals surface area (Å²) in [5, 5.41) is 2.69. The van der Waals surface area contributed by atoms with Crippen LogP contribution in [0.1, 0.15) is 12.5 Å². The third kappa shape index (κ3) is 3.74. The van der Waals surface area contributed by atoms with E-state index in [0.717, 1.165) is 19.4 Å². The molecule has 0 aliphatic carbocycles. The maximum Gasteiger partial charge on any atom is 0.207 e. The Hall–Kier alpha value is -1.31. The molecule has 2 nitrogen and oxygen atoms in total. The van der Waals surface area contributed by atoms with Crippen molar-refractivity contribution in [1.29, 1.82) is 0 Å². The maximum absolute atomic E-state index is 10.1. The molecule has 0 radical (unpaired) electrons. The first kappa shape index (κ1) is 9.78. The Morgan fingerprint density at radius 2 is 2.08 bits per heavy atom. The average Bonchev–Trinajstić information content (AvgIpc) is 2.16. The minimum Gasteiger partial charge on any atom is -0.358 e. The van der Waals surface area contributed by atoms with E-state index >= 15 is 0 Å². The van der Waals surface area contributed by atoms with Gasteiger partial charge < -0.3 is 5.32 Å². The molecule has 0 bridgehead atoms. The molecule has 0 aliphatic rings. The molecule has 0 saturated heterocycles. The first-order chi connectivity index (χ1) is 6.33. The minimum absolute atomic E-state index is 0.493. The highest BCUT2D eigenvalue weighted by Gasteiger charge is 2.01. The summed E-state index contributed by atoms with van der Waals surface area (Å²) in [4.78, 5) is 10.1. The molecule has 0 aromatic heterocycles. The molecule has 0 spiro atoms. The number of hydrogen-bond donors (Lipinski definition) is 1. The number of carbonyl (C=O) groups is 1. The molecule has 1 amide bonds. The molecule has 1 aromatic rings. The van der Waals surface area contributed by atoms with Gasteiger partial charge in [0, 0.05) is 6.54 Å².